The number of likely N-dealkylation sites (tertiary alicyclic amines) is 1. The summed E-state index contributed by atoms with van der Waals surface area (Å²) in [5.41, 5.74) is 5.46. The van der Waals surface area contributed by atoms with Crippen molar-refractivity contribution in [1.82, 2.24) is 4.90 Å². The van der Waals surface area contributed by atoms with Gasteiger partial charge >= 0.3 is 0 Å². The van der Waals surface area contributed by atoms with Crippen LogP contribution in [0.3, 0.4) is 0 Å². The highest BCUT2D eigenvalue weighted by Gasteiger charge is 2.59. The second kappa shape index (κ2) is 7.43. The molecule has 4 fully saturated rings. The molecule has 0 aromatic heterocycles. The number of hydrogen-bond donors (Lipinski definition) is 1. The summed E-state index contributed by atoms with van der Waals surface area (Å²) in [6.45, 7) is 11.1. The van der Waals surface area contributed by atoms with Gasteiger partial charge in [-0.1, -0.05) is 43.6 Å². The molecule has 0 aromatic rings. The Morgan fingerprint density at radius 1 is 1.16 bits per heavy atom. The predicted octanol–water partition coefficient (Wildman–Crippen LogP) is 5.73. The predicted molar refractivity (Wildman–Crippen MR) is 129 cm³/mol. The van der Waals surface area contributed by atoms with Gasteiger partial charge < -0.3 is 14.7 Å². The van der Waals surface area contributed by atoms with Crippen molar-refractivity contribution in [3.8, 4) is 0 Å². The van der Waals surface area contributed by atoms with Crippen LogP contribution < -0.4 is 0 Å². The fourth-order valence-corrected chi connectivity index (χ4v) is 9.88. The van der Waals surface area contributed by atoms with Gasteiger partial charge in [0.2, 0.25) is 0 Å². The van der Waals surface area contributed by atoms with Crippen molar-refractivity contribution < 1.29 is 9.84 Å². The van der Waals surface area contributed by atoms with E-state index in [4.69, 9.17) is 4.74 Å². The molecule has 6 rings (SSSR count). The summed E-state index contributed by atoms with van der Waals surface area (Å²) in [7, 11) is 2.34. The standard InChI is InChI=1S/C29H45NO2/c1-17-12-26-27(30(5)16-17)19(3)29(32-26)11-9-22-23-7-6-20-13-21(31)8-10-28(20,4)25(23)14-24(22)18(2)15-29/h13,17,19,21-23,25-27,31H,6-12,14-16H2,1-5H3/t17-,19+,21-,22-,23-,25-,26+,27?,28-,29-/m0/s1. The number of likely N-dealkylation sites (N-methyl/N-ethyl adjacent to an activating group) is 1. The Morgan fingerprint density at radius 2 is 1.97 bits per heavy atom. The Morgan fingerprint density at radius 3 is 2.78 bits per heavy atom. The van der Waals surface area contributed by atoms with Gasteiger partial charge in [-0.15, -0.1) is 0 Å². The second-order valence-electron chi connectivity index (χ2n) is 13.1. The molecule has 0 bridgehead atoms. The second-order valence-corrected chi connectivity index (χ2v) is 13.1. The molecule has 2 saturated heterocycles. The molecular weight excluding hydrogens is 394 g/mol. The van der Waals surface area contributed by atoms with Crippen molar-refractivity contribution in [1.29, 1.82) is 0 Å². The van der Waals surface area contributed by atoms with Gasteiger partial charge in [0, 0.05) is 18.5 Å². The van der Waals surface area contributed by atoms with Gasteiger partial charge in [-0.25, -0.2) is 0 Å². The van der Waals surface area contributed by atoms with E-state index >= 15 is 0 Å². The van der Waals surface area contributed by atoms with Gasteiger partial charge in [0.05, 0.1) is 17.8 Å². The summed E-state index contributed by atoms with van der Waals surface area (Å²) in [5.74, 6) is 3.77. The summed E-state index contributed by atoms with van der Waals surface area (Å²) < 4.78 is 7.10. The molecule has 3 nitrogen and oxygen atoms in total. The average molecular weight is 440 g/mol. The summed E-state index contributed by atoms with van der Waals surface area (Å²) in [4.78, 5) is 2.62. The largest absolute Gasteiger partial charge is 0.389 e. The van der Waals surface area contributed by atoms with E-state index in [2.05, 4.69) is 45.7 Å². The number of allylic oxidation sites excluding steroid dienone is 2. The van der Waals surface area contributed by atoms with E-state index in [9.17, 15) is 5.11 Å². The third kappa shape index (κ3) is 3.02. The third-order valence-corrected chi connectivity index (χ3v) is 11.4. The molecule has 0 aromatic carbocycles. The Hall–Kier alpha value is -0.640. The van der Waals surface area contributed by atoms with E-state index in [0.717, 1.165) is 36.5 Å². The van der Waals surface area contributed by atoms with Gasteiger partial charge in [-0.05, 0) is 101 Å². The lowest BCUT2D eigenvalue weighted by Crippen LogP contribution is -2.49. The lowest BCUT2D eigenvalue weighted by molar-refractivity contribution is -0.0778. The maximum Gasteiger partial charge on any atom is 0.0765 e. The normalized spacial score (nSPS) is 53.4. The van der Waals surface area contributed by atoms with Crippen LogP contribution in [-0.4, -0.2) is 47.4 Å². The molecule has 4 aliphatic carbocycles. The molecule has 178 valence electrons. The molecule has 2 saturated carbocycles. The highest BCUT2D eigenvalue weighted by molar-refractivity contribution is 5.33. The molecule has 1 N–H and O–H groups in total. The van der Waals surface area contributed by atoms with Gasteiger partial charge in [0.25, 0.3) is 0 Å². The van der Waals surface area contributed by atoms with E-state index in [-0.39, 0.29) is 11.7 Å². The number of nitrogens with zero attached hydrogens (tertiary/aromatic N) is 1. The zero-order valence-corrected chi connectivity index (χ0v) is 21.1. The molecule has 1 unspecified atom stereocenters. The van der Waals surface area contributed by atoms with E-state index in [0.29, 0.717) is 23.5 Å². The zero-order valence-electron chi connectivity index (χ0n) is 21.1. The first-order valence-corrected chi connectivity index (χ1v) is 13.7. The SMILES string of the molecule is CC1=C2C[C@H]3[C@@H](CCC4=C[C@@H](O)CC[C@@]43C)[C@@H]2CC[C@@]2(C1)O[C@@H]1C[C@H](C)CN(C)C1[C@H]2C. The Bertz CT molecular complexity index is 846. The first-order valence-electron chi connectivity index (χ1n) is 13.7. The quantitative estimate of drug-likeness (QED) is 0.489. The summed E-state index contributed by atoms with van der Waals surface area (Å²) in [6.07, 6.45) is 13.4. The van der Waals surface area contributed by atoms with Crippen molar-refractivity contribution in [2.75, 3.05) is 13.6 Å². The molecule has 1 spiro atoms. The van der Waals surface area contributed by atoms with Crippen LogP contribution in [0, 0.1) is 35.0 Å². The number of piperidine rings is 1. The van der Waals surface area contributed by atoms with Crippen LogP contribution in [0.4, 0.5) is 0 Å². The lowest BCUT2D eigenvalue weighted by Gasteiger charge is -2.49. The Balaban J connectivity index is 1.30. The fraction of sp³-hybridized carbons (Fsp3) is 0.862. The molecular formula is C29H45NO2. The van der Waals surface area contributed by atoms with Crippen LogP contribution in [-0.2, 0) is 4.74 Å². The molecule has 0 amide bonds. The van der Waals surface area contributed by atoms with Crippen molar-refractivity contribution in [3.05, 3.63) is 22.8 Å². The number of aliphatic hydroxyl groups excluding tert-OH is 1. The number of rotatable bonds is 0. The highest BCUT2D eigenvalue weighted by atomic mass is 16.5. The molecule has 3 heteroatoms. The van der Waals surface area contributed by atoms with Crippen LogP contribution >= 0.6 is 0 Å². The smallest absolute Gasteiger partial charge is 0.0765 e. The van der Waals surface area contributed by atoms with E-state index in [1.165, 1.54) is 51.5 Å². The number of ether oxygens (including phenoxy) is 1. The minimum absolute atomic E-state index is 0.0587. The third-order valence-electron chi connectivity index (χ3n) is 11.4. The molecule has 2 aliphatic heterocycles. The monoisotopic (exact) mass is 439 g/mol. The van der Waals surface area contributed by atoms with E-state index in [1.807, 2.05) is 5.57 Å². The molecule has 10 atom stereocenters. The maximum absolute atomic E-state index is 10.3. The maximum atomic E-state index is 10.3. The molecule has 32 heavy (non-hydrogen) atoms. The number of hydrogen-bond acceptors (Lipinski definition) is 3. The average Bonchev–Trinajstić information content (AvgIpc) is 3.19. The zero-order chi connectivity index (χ0) is 22.4. The fourth-order valence-electron chi connectivity index (χ4n) is 9.88. The number of fused-ring (bicyclic) bond motifs is 6. The van der Waals surface area contributed by atoms with Gasteiger partial charge in [0.15, 0.2) is 0 Å². The van der Waals surface area contributed by atoms with Gasteiger partial charge in [-0.3, -0.25) is 0 Å². The van der Waals surface area contributed by atoms with Crippen LogP contribution in [0.2, 0.25) is 0 Å². The summed E-state index contributed by atoms with van der Waals surface area (Å²) in [6, 6.07) is 0.602. The van der Waals surface area contributed by atoms with Crippen LogP contribution in [0.5, 0.6) is 0 Å². The molecule has 6 aliphatic rings. The number of aliphatic hydroxyl groups is 1. The molecule has 0 radical (unpaired) electrons. The first-order chi connectivity index (χ1) is 15.2. The van der Waals surface area contributed by atoms with E-state index in [1.54, 1.807) is 11.1 Å². The minimum Gasteiger partial charge on any atom is -0.389 e. The van der Waals surface area contributed by atoms with Crippen molar-refractivity contribution in [3.63, 3.8) is 0 Å². The van der Waals surface area contributed by atoms with Crippen molar-refractivity contribution in [2.45, 2.75) is 109 Å². The molecule has 2 heterocycles. The summed E-state index contributed by atoms with van der Waals surface area (Å²) in [5, 5.41) is 10.3. The highest BCUT2D eigenvalue weighted by Crippen LogP contribution is 2.64. The van der Waals surface area contributed by atoms with Gasteiger partial charge in [0.1, 0.15) is 0 Å². The first kappa shape index (κ1) is 21.9. The van der Waals surface area contributed by atoms with Crippen molar-refractivity contribution in [2.24, 2.45) is 35.0 Å². The van der Waals surface area contributed by atoms with E-state index < -0.39 is 0 Å². The van der Waals surface area contributed by atoms with Crippen molar-refractivity contribution >= 4 is 0 Å². The van der Waals surface area contributed by atoms with Crippen LogP contribution in [0.15, 0.2) is 22.8 Å². The summed E-state index contributed by atoms with van der Waals surface area (Å²) >= 11 is 0. The van der Waals surface area contributed by atoms with Crippen LogP contribution in [0.25, 0.3) is 0 Å². The topological polar surface area (TPSA) is 32.7 Å². The van der Waals surface area contributed by atoms with Gasteiger partial charge in [-0.2, -0.15) is 0 Å². The Kier molecular flexibility index (Phi) is 5.07. The lowest BCUT2D eigenvalue weighted by atomic mass is 9.56. The van der Waals surface area contributed by atoms with Crippen LogP contribution in [0.1, 0.15) is 85.5 Å². The Labute approximate surface area is 195 Å². The minimum atomic E-state index is -0.201.